The molecule has 1 saturated carbocycles. The fourth-order valence-electron chi connectivity index (χ4n) is 9.96. The number of methoxy groups -OCH3 is 2. The summed E-state index contributed by atoms with van der Waals surface area (Å²) in [7, 11) is 4.50. The van der Waals surface area contributed by atoms with E-state index in [1.165, 1.54) is 41.2 Å². The molecule has 4 aliphatic rings. The third kappa shape index (κ3) is 5.88. The van der Waals surface area contributed by atoms with Crippen molar-refractivity contribution in [3.63, 3.8) is 0 Å². The first kappa shape index (κ1) is 40.0. The van der Waals surface area contributed by atoms with E-state index in [-0.39, 0.29) is 47.2 Å². The number of allylic oxidation sites excluding steroid dienone is 3. The van der Waals surface area contributed by atoms with Crippen molar-refractivity contribution in [2.75, 3.05) is 24.0 Å². The number of phenols is 2. The van der Waals surface area contributed by atoms with E-state index in [1.807, 2.05) is 37.3 Å². The number of hydrogen-bond acceptors (Lipinski definition) is 11. The maximum absolute atomic E-state index is 15.2. The summed E-state index contributed by atoms with van der Waals surface area (Å²) in [6, 6.07) is 14.1. The second kappa shape index (κ2) is 14.3. The number of halogens is 1. The number of rotatable bonds is 8. The molecule has 2 aromatic heterocycles. The fraction of sp³-hybridized carbons (Fsp3) is 0.289. The molecule has 6 unspecified atom stereocenters. The zero-order valence-corrected chi connectivity index (χ0v) is 35.1. The lowest BCUT2D eigenvalue weighted by atomic mass is 9.52. The van der Waals surface area contributed by atoms with Crippen molar-refractivity contribution in [2.24, 2.45) is 42.1 Å². The standard InChI is InChI=1S/C45H39ClN4O10S/c1-20-27-16-22(46)7-13-35(27)61-39(20)31-19-36(48(3)47-31)50-41(54)30-18-28-24(29(45(30,2)44(50)58)12-6-21-14-33(59-4)38(52)34(15-21)60-5)10-11-26-37(28)42(55)49(40(26)53)23-8-9-25(43(56)57)32(51)17-23/h6-10,12-17,19,26,28-30,37,51-52H,11,18H2,1-5H3,(H,56,57). The molecule has 2 saturated heterocycles. The van der Waals surface area contributed by atoms with Gasteiger partial charge < -0.3 is 24.8 Å². The van der Waals surface area contributed by atoms with Gasteiger partial charge in [0.1, 0.15) is 22.8 Å². The highest BCUT2D eigenvalue weighted by molar-refractivity contribution is 7.22. The summed E-state index contributed by atoms with van der Waals surface area (Å²) in [6.07, 6.45) is 5.74. The zero-order chi connectivity index (χ0) is 43.4. The maximum Gasteiger partial charge on any atom is 0.339 e. The summed E-state index contributed by atoms with van der Waals surface area (Å²) >= 11 is 7.85. The van der Waals surface area contributed by atoms with Gasteiger partial charge in [-0.05, 0) is 91.6 Å². The average Bonchev–Trinajstić information content (AvgIpc) is 3.90. The number of aryl methyl sites for hydroxylation is 2. The fourth-order valence-corrected chi connectivity index (χ4v) is 11.3. The van der Waals surface area contributed by atoms with Crippen LogP contribution in [0.4, 0.5) is 11.5 Å². The first-order valence-electron chi connectivity index (χ1n) is 19.5. The predicted molar refractivity (Wildman–Crippen MR) is 227 cm³/mol. The Balaban J connectivity index is 1.14. The molecule has 0 spiro atoms. The van der Waals surface area contributed by atoms with Crippen LogP contribution in [0.25, 0.3) is 26.7 Å². The maximum atomic E-state index is 15.2. The van der Waals surface area contributed by atoms with Gasteiger partial charge in [-0.2, -0.15) is 5.10 Å². The Labute approximate surface area is 357 Å². The van der Waals surface area contributed by atoms with E-state index in [2.05, 4.69) is 0 Å². The number of thiophene rings is 1. The summed E-state index contributed by atoms with van der Waals surface area (Å²) in [5, 5.41) is 36.9. The molecule has 312 valence electrons. The molecule has 4 heterocycles. The smallest absolute Gasteiger partial charge is 0.339 e. The van der Waals surface area contributed by atoms with E-state index in [1.54, 1.807) is 38.2 Å². The molecule has 0 radical (unpaired) electrons. The molecule has 6 atom stereocenters. The molecule has 5 aromatic rings. The number of carbonyl (C=O) groups excluding carboxylic acids is 4. The van der Waals surface area contributed by atoms with E-state index < -0.39 is 70.4 Å². The Bertz CT molecular complexity index is 2820. The van der Waals surface area contributed by atoms with Gasteiger partial charge in [0.25, 0.3) is 0 Å². The number of aromatic hydroxyl groups is 2. The zero-order valence-electron chi connectivity index (χ0n) is 33.5. The van der Waals surface area contributed by atoms with Gasteiger partial charge in [-0.25, -0.2) is 14.6 Å². The van der Waals surface area contributed by atoms with Crippen molar-refractivity contribution < 1.29 is 48.8 Å². The van der Waals surface area contributed by atoms with Crippen molar-refractivity contribution in [3.05, 3.63) is 94.0 Å². The van der Waals surface area contributed by atoms with E-state index in [0.717, 1.165) is 43.1 Å². The molecule has 4 amide bonds. The van der Waals surface area contributed by atoms with Crippen LogP contribution in [0.2, 0.25) is 5.02 Å². The van der Waals surface area contributed by atoms with Gasteiger partial charge in [-0.1, -0.05) is 35.4 Å². The number of ether oxygens (including phenoxy) is 2. The average molecular weight is 863 g/mol. The minimum Gasteiger partial charge on any atom is -0.507 e. The molecule has 0 bridgehead atoms. The van der Waals surface area contributed by atoms with Gasteiger partial charge in [0.2, 0.25) is 29.4 Å². The molecule has 9 rings (SSSR count). The number of amides is 4. The number of anilines is 2. The third-order valence-electron chi connectivity index (χ3n) is 13.0. The van der Waals surface area contributed by atoms with Gasteiger partial charge in [-0.3, -0.25) is 23.9 Å². The second-order valence-electron chi connectivity index (χ2n) is 16.1. The van der Waals surface area contributed by atoms with Crippen LogP contribution in [0.3, 0.4) is 0 Å². The van der Waals surface area contributed by atoms with Crippen LogP contribution in [-0.4, -0.2) is 68.9 Å². The first-order chi connectivity index (χ1) is 29.1. The topological polar surface area (TPSA) is 189 Å². The van der Waals surface area contributed by atoms with Crippen LogP contribution in [-0.2, 0) is 26.2 Å². The second-order valence-corrected chi connectivity index (χ2v) is 17.6. The van der Waals surface area contributed by atoms with E-state index in [4.69, 9.17) is 26.2 Å². The lowest BCUT2D eigenvalue weighted by Gasteiger charge is -2.47. The number of carboxylic acids is 1. The summed E-state index contributed by atoms with van der Waals surface area (Å²) in [6.45, 7) is 3.75. The summed E-state index contributed by atoms with van der Waals surface area (Å²) in [4.78, 5) is 73.4. The third-order valence-corrected chi connectivity index (χ3v) is 14.5. The van der Waals surface area contributed by atoms with Crippen LogP contribution >= 0.6 is 22.9 Å². The van der Waals surface area contributed by atoms with Crippen LogP contribution in [0.1, 0.15) is 41.3 Å². The highest BCUT2D eigenvalue weighted by Gasteiger charge is 2.67. The Morgan fingerprint density at radius 1 is 0.951 bits per heavy atom. The van der Waals surface area contributed by atoms with Crippen LogP contribution in [0.15, 0.2) is 72.3 Å². The molecular weight excluding hydrogens is 824 g/mol. The molecule has 3 N–H and O–H groups in total. The Hall–Kier alpha value is -6.45. The van der Waals surface area contributed by atoms with Crippen molar-refractivity contribution in [2.45, 2.75) is 26.7 Å². The number of aromatic nitrogens is 2. The van der Waals surface area contributed by atoms with Crippen molar-refractivity contribution in [3.8, 4) is 33.6 Å². The number of carboxylic acid groups (broad SMARTS) is 1. The number of carbonyl (C=O) groups is 5. The molecule has 61 heavy (non-hydrogen) atoms. The quantitative estimate of drug-likeness (QED) is 0.104. The van der Waals surface area contributed by atoms with Crippen LogP contribution in [0, 0.1) is 41.9 Å². The minimum atomic E-state index is -1.37. The Morgan fingerprint density at radius 3 is 2.34 bits per heavy atom. The number of phenolic OH excluding ortho intramolecular Hbond substituents is 1. The van der Waals surface area contributed by atoms with E-state index in [0.29, 0.717) is 16.3 Å². The number of benzene rings is 3. The number of hydrogen-bond donors (Lipinski definition) is 3. The number of imide groups is 2. The summed E-state index contributed by atoms with van der Waals surface area (Å²) < 4.78 is 13.3. The van der Waals surface area contributed by atoms with E-state index >= 15 is 4.79 Å². The van der Waals surface area contributed by atoms with Crippen LogP contribution in [0.5, 0.6) is 23.0 Å². The largest absolute Gasteiger partial charge is 0.507 e. The van der Waals surface area contributed by atoms with Gasteiger partial charge in [0.05, 0.1) is 48.0 Å². The van der Waals surface area contributed by atoms with Crippen LogP contribution < -0.4 is 19.3 Å². The first-order valence-corrected chi connectivity index (χ1v) is 20.7. The highest BCUT2D eigenvalue weighted by atomic mass is 35.5. The molecular formula is C45H39ClN4O10S. The molecule has 3 aromatic carbocycles. The predicted octanol–water partition coefficient (Wildman–Crippen LogP) is 7.37. The molecule has 16 heteroatoms. The minimum absolute atomic E-state index is 0.0306. The van der Waals surface area contributed by atoms with Gasteiger partial charge in [-0.15, -0.1) is 11.3 Å². The van der Waals surface area contributed by atoms with Gasteiger partial charge >= 0.3 is 5.97 Å². The Morgan fingerprint density at radius 2 is 1.67 bits per heavy atom. The monoisotopic (exact) mass is 862 g/mol. The molecule has 2 aliphatic heterocycles. The molecule has 14 nitrogen and oxygen atoms in total. The highest BCUT2D eigenvalue weighted by Crippen LogP contribution is 2.61. The van der Waals surface area contributed by atoms with Crippen molar-refractivity contribution in [1.29, 1.82) is 0 Å². The number of nitrogens with zero attached hydrogens (tertiary/aromatic N) is 4. The molecule has 3 fully saturated rings. The van der Waals surface area contributed by atoms with E-state index in [9.17, 15) is 34.5 Å². The SMILES string of the molecule is COc1cc(C=CC2C3=CCC4C(=O)N(c5ccc(C(=O)O)c(O)c5)C(=O)C4C3CC3C(=O)N(c4cc(-c5sc6ccc(Cl)cc6c5C)nn4C)C(=O)C23C)cc(OC)c1O. The lowest BCUT2D eigenvalue weighted by molar-refractivity contribution is -0.132. The number of aromatic carboxylic acids is 1. The number of fused-ring (bicyclic) bond motifs is 5. The van der Waals surface area contributed by atoms with Crippen molar-refractivity contribution >= 4 is 80.2 Å². The van der Waals surface area contributed by atoms with Gasteiger partial charge in [0, 0.05) is 34.8 Å². The van der Waals surface area contributed by atoms with Gasteiger partial charge in [0.15, 0.2) is 11.5 Å². The summed E-state index contributed by atoms with van der Waals surface area (Å²) in [5.74, 6) is -7.55. The molecule has 2 aliphatic carbocycles. The summed E-state index contributed by atoms with van der Waals surface area (Å²) in [5.41, 5.74) is 1.13. The van der Waals surface area contributed by atoms with Crippen molar-refractivity contribution in [1.82, 2.24) is 9.78 Å². The Kier molecular flexibility index (Phi) is 9.40. The normalized spacial score (nSPS) is 24.7. The lowest BCUT2D eigenvalue weighted by Crippen LogP contribution is -2.49.